The Kier molecular flexibility index (Phi) is 3.91. The lowest BCUT2D eigenvalue weighted by Crippen LogP contribution is -2.51. The fourth-order valence-corrected chi connectivity index (χ4v) is 2.86. The maximum Gasteiger partial charge on any atom is 0.225 e. The third-order valence-corrected chi connectivity index (χ3v) is 4.10. The first-order valence-corrected chi connectivity index (χ1v) is 7.29. The average molecular weight is 279 g/mol. The summed E-state index contributed by atoms with van der Waals surface area (Å²) in [7, 11) is 0. The molecule has 3 heterocycles. The Morgan fingerprint density at radius 2 is 1.95 bits per heavy atom. The Morgan fingerprint density at radius 3 is 2.55 bits per heavy atom. The highest BCUT2D eigenvalue weighted by molar-refractivity contribution is 5.79. The summed E-state index contributed by atoms with van der Waals surface area (Å²) in [6, 6.07) is 1.94. The van der Waals surface area contributed by atoms with Crippen molar-refractivity contribution in [3.63, 3.8) is 0 Å². The van der Waals surface area contributed by atoms with Gasteiger partial charge in [-0.3, -0.25) is 4.79 Å². The molecule has 1 aromatic rings. The lowest BCUT2D eigenvalue weighted by atomic mass is 9.98. The Bertz CT molecular complexity index is 460. The van der Waals surface area contributed by atoms with Crippen LogP contribution in [0.3, 0.4) is 0 Å². The van der Waals surface area contributed by atoms with E-state index in [1.165, 1.54) is 0 Å². The summed E-state index contributed by atoms with van der Waals surface area (Å²) in [6.07, 6.45) is 1.73. The van der Waals surface area contributed by atoms with Crippen molar-refractivity contribution in [1.29, 1.82) is 0 Å². The molecule has 20 heavy (non-hydrogen) atoms. The molecular weight excluding hydrogens is 258 g/mol. The van der Waals surface area contributed by atoms with Crippen molar-refractivity contribution in [3.8, 4) is 0 Å². The first-order chi connectivity index (χ1) is 9.74. The molecule has 0 bridgehead atoms. The number of nitrogens with zero attached hydrogens (tertiary/aromatic N) is 3. The van der Waals surface area contributed by atoms with Crippen LogP contribution in [0.1, 0.15) is 18.6 Å². The van der Waals surface area contributed by atoms with Crippen molar-refractivity contribution in [2.24, 2.45) is 5.92 Å². The van der Waals surface area contributed by atoms with E-state index in [2.05, 4.69) is 10.1 Å². The van der Waals surface area contributed by atoms with Crippen LogP contribution in [0.15, 0.2) is 10.6 Å². The van der Waals surface area contributed by atoms with Crippen LogP contribution in [0.4, 0.5) is 5.82 Å². The summed E-state index contributed by atoms with van der Waals surface area (Å²) in [5, 5.41) is 4.03. The minimum Gasteiger partial charge on any atom is -0.381 e. The normalized spacial score (nSPS) is 21.2. The molecule has 0 unspecified atom stereocenters. The molecule has 0 spiro atoms. The van der Waals surface area contributed by atoms with Crippen LogP contribution in [0.2, 0.25) is 0 Å². The van der Waals surface area contributed by atoms with E-state index in [-0.39, 0.29) is 5.92 Å². The fraction of sp³-hybridized carbons (Fsp3) is 0.714. The van der Waals surface area contributed by atoms with Crippen LogP contribution in [0, 0.1) is 12.8 Å². The molecule has 6 nitrogen and oxygen atoms in total. The number of carbonyl (C=O) groups excluding carboxylic acids is 1. The molecule has 2 aliphatic heterocycles. The van der Waals surface area contributed by atoms with Gasteiger partial charge in [0.05, 0.1) is 0 Å². The first-order valence-electron chi connectivity index (χ1n) is 7.29. The predicted octanol–water partition coefficient (Wildman–Crippen LogP) is 1.06. The number of amides is 1. The first kappa shape index (κ1) is 13.4. The van der Waals surface area contributed by atoms with Crippen molar-refractivity contribution < 1.29 is 14.1 Å². The standard InChI is InChI=1S/C14H21N3O3/c1-11-10-13(15-20-11)16-4-6-17(7-5-16)14(18)12-2-8-19-9-3-12/h10,12H,2-9H2,1H3. The number of anilines is 1. The number of hydrogen-bond acceptors (Lipinski definition) is 5. The smallest absolute Gasteiger partial charge is 0.225 e. The number of aryl methyl sites for hydroxylation is 1. The highest BCUT2D eigenvalue weighted by Crippen LogP contribution is 2.20. The van der Waals surface area contributed by atoms with E-state index in [0.29, 0.717) is 19.1 Å². The van der Waals surface area contributed by atoms with E-state index in [9.17, 15) is 4.79 Å². The van der Waals surface area contributed by atoms with Gasteiger partial charge in [0.15, 0.2) is 5.82 Å². The summed E-state index contributed by atoms with van der Waals surface area (Å²) in [5.41, 5.74) is 0. The number of carbonyl (C=O) groups is 1. The quantitative estimate of drug-likeness (QED) is 0.810. The Hall–Kier alpha value is -1.56. The lowest BCUT2D eigenvalue weighted by Gasteiger charge is -2.37. The van der Waals surface area contributed by atoms with Gasteiger partial charge in [-0.05, 0) is 19.8 Å². The summed E-state index contributed by atoms with van der Waals surface area (Å²) >= 11 is 0. The molecule has 0 atom stereocenters. The van der Waals surface area contributed by atoms with Crippen LogP contribution in [0.25, 0.3) is 0 Å². The van der Waals surface area contributed by atoms with Gasteiger partial charge in [-0.1, -0.05) is 5.16 Å². The summed E-state index contributed by atoms with van der Waals surface area (Å²) in [4.78, 5) is 16.6. The maximum atomic E-state index is 12.4. The van der Waals surface area contributed by atoms with Crippen LogP contribution in [-0.4, -0.2) is 55.4 Å². The number of hydrogen-bond donors (Lipinski definition) is 0. The molecule has 0 aromatic carbocycles. The number of aromatic nitrogens is 1. The molecule has 110 valence electrons. The zero-order valence-electron chi connectivity index (χ0n) is 11.9. The molecule has 1 amide bonds. The largest absolute Gasteiger partial charge is 0.381 e. The van der Waals surface area contributed by atoms with Gasteiger partial charge in [0.2, 0.25) is 5.91 Å². The molecule has 0 radical (unpaired) electrons. The van der Waals surface area contributed by atoms with E-state index >= 15 is 0 Å². The molecule has 6 heteroatoms. The van der Waals surface area contributed by atoms with Gasteiger partial charge in [-0.2, -0.15) is 0 Å². The third-order valence-electron chi connectivity index (χ3n) is 4.10. The summed E-state index contributed by atoms with van der Waals surface area (Å²) in [5.74, 6) is 2.15. The van der Waals surface area contributed by atoms with Gasteiger partial charge in [-0.25, -0.2) is 0 Å². The number of ether oxygens (including phenoxy) is 1. The second-order valence-corrected chi connectivity index (χ2v) is 5.49. The van der Waals surface area contributed by atoms with Gasteiger partial charge >= 0.3 is 0 Å². The number of rotatable bonds is 2. The van der Waals surface area contributed by atoms with E-state index < -0.39 is 0 Å². The van der Waals surface area contributed by atoms with Gasteiger partial charge in [0, 0.05) is 51.4 Å². The molecule has 3 rings (SSSR count). The topological polar surface area (TPSA) is 58.8 Å². The highest BCUT2D eigenvalue weighted by Gasteiger charge is 2.29. The molecule has 0 aliphatic carbocycles. The summed E-state index contributed by atoms with van der Waals surface area (Å²) < 4.78 is 10.4. The van der Waals surface area contributed by atoms with Crippen LogP contribution in [0.5, 0.6) is 0 Å². The summed E-state index contributed by atoms with van der Waals surface area (Å²) in [6.45, 7) is 6.50. The highest BCUT2D eigenvalue weighted by atomic mass is 16.5. The number of piperazine rings is 1. The fourth-order valence-electron chi connectivity index (χ4n) is 2.86. The lowest BCUT2D eigenvalue weighted by molar-refractivity contribution is -0.138. The van der Waals surface area contributed by atoms with E-state index in [4.69, 9.17) is 9.26 Å². The predicted molar refractivity (Wildman–Crippen MR) is 73.6 cm³/mol. The Balaban J connectivity index is 1.54. The minimum atomic E-state index is 0.157. The van der Waals surface area contributed by atoms with Crippen LogP contribution >= 0.6 is 0 Å². The maximum absolute atomic E-state index is 12.4. The Morgan fingerprint density at radius 1 is 1.25 bits per heavy atom. The monoisotopic (exact) mass is 279 g/mol. The van der Waals surface area contributed by atoms with Crippen molar-refractivity contribution in [2.75, 3.05) is 44.3 Å². The second kappa shape index (κ2) is 5.83. The molecule has 1 aromatic heterocycles. The van der Waals surface area contributed by atoms with Crippen LogP contribution < -0.4 is 4.90 Å². The second-order valence-electron chi connectivity index (χ2n) is 5.49. The van der Waals surface area contributed by atoms with Gasteiger partial charge < -0.3 is 19.1 Å². The van der Waals surface area contributed by atoms with Crippen molar-refractivity contribution in [1.82, 2.24) is 10.1 Å². The zero-order valence-corrected chi connectivity index (χ0v) is 11.9. The molecule has 0 saturated carbocycles. The van der Waals surface area contributed by atoms with E-state index in [1.54, 1.807) is 0 Å². The van der Waals surface area contributed by atoms with Gasteiger partial charge in [-0.15, -0.1) is 0 Å². The zero-order chi connectivity index (χ0) is 13.9. The average Bonchev–Trinajstić information content (AvgIpc) is 2.94. The van der Waals surface area contributed by atoms with Gasteiger partial charge in [0.1, 0.15) is 5.76 Å². The van der Waals surface area contributed by atoms with Crippen molar-refractivity contribution in [3.05, 3.63) is 11.8 Å². The third kappa shape index (κ3) is 2.80. The molecule has 0 N–H and O–H groups in total. The van der Waals surface area contributed by atoms with Crippen molar-refractivity contribution >= 4 is 11.7 Å². The molecule has 2 saturated heterocycles. The van der Waals surface area contributed by atoms with Crippen LogP contribution in [-0.2, 0) is 9.53 Å². The van der Waals surface area contributed by atoms with E-state index in [1.807, 2.05) is 17.9 Å². The molecule has 2 aliphatic rings. The van der Waals surface area contributed by atoms with Crippen molar-refractivity contribution in [2.45, 2.75) is 19.8 Å². The Labute approximate surface area is 118 Å². The van der Waals surface area contributed by atoms with Gasteiger partial charge in [0.25, 0.3) is 0 Å². The SMILES string of the molecule is Cc1cc(N2CCN(C(=O)C3CCOCC3)CC2)no1. The minimum absolute atomic E-state index is 0.157. The molecular formula is C14H21N3O3. The van der Waals surface area contributed by atoms with E-state index in [0.717, 1.165) is 50.6 Å². The molecule has 2 fully saturated rings.